The molecule has 0 spiro atoms. The molecule has 0 aliphatic heterocycles. The van der Waals surface area contributed by atoms with Crippen LogP contribution in [0.5, 0.6) is 17.2 Å². The predicted molar refractivity (Wildman–Crippen MR) is 93.2 cm³/mol. The third-order valence-electron chi connectivity index (χ3n) is 3.69. The molecule has 186 valence electrons. The number of benzene rings is 2. The van der Waals surface area contributed by atoms with E-state index in [4.69, 9.17) is 4.74 Å². The standard InChI is InChI=1S/C18H11F9NO5P/c1-4(2)31-18(29)5(3)28-34(30)33-17-14(27)10(23)9(22)13(26)16(17)32-15-11(24)7(20)6(19)8(21)12(15)25/h4-5H,1-3H3/t5-/m0/s1. The van der Waals surface area contributed by atoms with E-state index in [1.807, 2.05) is 0 Å². The Kier molecular flexibility index (Phi) is 8.37. The number of carbonyl (C=O) groups is 1. The van der Waals surface area contributed by atoms with Crippen LogP contribution in [0.2, 0.25) is 0 Å². The molecule has 0 saturated heterocycles. The summed E-state index contributed by atoms with van der Waals surface area (Å²) in [5, 5.41) is 0. The van der Waals surface area contributed by atoms with Gasteiger partial charge in [0.25, 0.3) is 5.75 Å². The number of rotatable bonds is 7. The van der Waals surface area contributed by atoms with Crippen molar-refractivity contribution in [1.82, 2.24) is 0 Å². The van der Waals surface area contributed by atoms with Gasteiger partial charge in [-0.3, -0.25) is 4.52 Å². The van der Waals surface area contributed by atoms with E-state index in [-0.39, 0.29) is 0 Å². The molecule has 0 bridgehead atoms. The van der Waals surface area contributed by atoms with Gasteiger partial charge in [0.15, 0.2) is 6.04 Å². The van der Waals surface area contributed by atoms with Crippen molar-refractivity contribution in [2.75, 3.05) is 0 Å². The molecule has 0 aromatic heterocycles. The largest absolute Gasteiger partial charge is 0.575 e. The van der Waals surface area contributed by atoms with Crippen molar-refractivity contribution >= 4 is 14.1 Å². The first-order valence-corrected chi connectivity index (χ1v) is 9.93. The van der Waals surface area contributed by atoms with E-state index in [9.17, 15) is 49.2 Å². The average Bonchev–Trinajstić information content (AvgIpc) is 2.77. The lowest BCUT2D eigenvalue weighted by Crippen LogP contribution is -2.21. The van der Waals surface area contributed by atoms with Crippen molar-refractivity contribution in [2.45, 2.75) is 32.9 Å². The second-order valence-electron chi connectivity index (χ2n) is 6.52. The summed E-state index contributed by atoms with van der Waals surface area (Å²) in [6, 6.07) is -1.55. The molecule has 0 N–H and O–H groups in total. The maximum atomic E-state index is 14.2. The molecular formula is C18H11F9NO5P. The molecule has 0 radical (unpaired) electrons. The van der Waals surface area contributed by atoms with Crippen molar-refractivity contribution in [3.05, 3.63) is 52.4 Å². The van der Waals surface area contributed by atoms with Gasteiger partial charge in [-0.15, -0.1) is 0 Å². The third kappa shape index (κ3) is 5.36. The predicted octanol–water partition coefficient (Wildman–Crippen LogP) is 5.31. The van der Waals surface area contributed by atoms with Crippen molar-refractivity contribution in [1.29, 1.82) is 0 Å². The molecule has 0 fully saturated rings. The van der Waals surface area contributed by atoms with Gasteiger partial charge < -0.3 is 14.4 Å². The zero-order valence-electron chi connectivity index (χ0n) is 17.0. The lowest BCUT2D eigenvalue weighted by atomic mass is 10.2. The Hall–Kier alpha value is -3.06. The maximum absolute atomic E-state index is 14.2. The van der Waals surface area contributed by atoms with Gasteiger partial charge in [-0.2, -0.15) is 17.6 Å². The number of carbonyl (C=O) groups excluding carboxylic acids is 1. The fourth-order valence-electron chi connectivity index (χ4n) is 2.16. The molecule has 0 saturated carbocycles. The first-order valence-electron chi connectivity index (χ1n) is 8.80. The van der Waals surface area contributed by atoms with Gasteiger partial charge >= 0.3 is 14.1 Å². The van der Waals surface area contributed by atoms with E-state index in [1.165, 1.54) is 13.8 Å². The van der Waals surface area contributed by atoms with E-state index in [2.05, 4.69) is 14.0 Å². The molecule has 2 aromatic rings. The van der Waals surface area contributed by atoms with Gasteiger partial charge in [0.1, 0.15) is 0 Å². The summed E-state index contributed by atoms with van der Waals surface area (Å²) in [6.07, 6.45) is -0.636. The highest BCUT2D eigenvalue weighted by molar-refractivity contribution is 7.34. The second kappa shape index (κ2) is 10.5. The van der Waals surface area contributed by atoms with Crippen molar-refractivity contribution in [2.24, 2.45) is 4.74 Å². The van der Waals surface area contributed by atoms with E-state index in [0.717, 1.165) is 6.92 Å². The second-order valence-corrected chi connectivity index (χ2v) is 7.41. The summed E-state index contributed by atoms with van der Waals surface area (Å²) in [7, 11) is -3.63. The molecule has 0 aliphatic carbocycles. The number of hydrogen-bond acceptors (Lipinski definition) is 6. The zero-order valence-corrected chi connectivity index (χ0v) is 17.9. The Morgan fingerprint density at radius 2 is 1.09 bits per heavy atom. The highest BCUT2D eigenvalue weighted by Gasteiger charge is 2.35. The number of hydrogen-bond donors (Lipinski definition) is 0. The van der Waals surface area contributed by atoms with Gasteiger partial charge in [-0.25, -0.2) is 26.7 Å². The molecule has 0 aliphatic rings. The monoisotopic (exact) mass is 523 g/mol. The fraction of sp³-hybridized carbons (Fsp3) is 0.278. The van der Waals surface area contributed by atoms with Crippen LogP contribution in [0.15, 0.2) is 4.74 Å². The summed E-state index contributed by atoms with van der Waals surface area (Å²) < 4.78 is 140. The fourth-order valence-corrected chi connectivity index (χ4v) is 2.91. The summed E-state index contributed by atoms with van der Waals surface area (Å²) in [5.41, 5.74) is 0. The molecule has 34 heavy (non-hydrogen) atoms. The van der Waals surface area contributed by atoms with Gasteiger partial charge in [-0.1, -0.05) is 4.74 Å². The normalized spacial score (nSPS) is 12.7. The summed E-state index contributed by atoms with van der Waals surface area (Å²) in [5.74, 6) is -30.7. The van der Waals surface area contributed by atoms with Crippen LogP contribution in [-0.2, 0) is 9.53 Å². The summed E-state index contributed by atoms with van der Waals surface area (Å²) in [4.78, 5) is 23.7. The van der Waals surface area contributed by atoms with Crippen LogP contribution in [0, 0.1) is 52.4 Å². The van der Waals surface area contributed by atoms with E-state index in [0.29, 0.717) is 0 Å². The first kappa shape index (κ1) is 27.2. The molecule has 1 unspecified atom stereocenters. The molecular weight excluding hydrogens is 512 g/mol. The SMILES string of the molecule is CC(C)OC(=O)[C@H](C)/N=[P+](\[O-])Oc1c(F)c(F)c(F)c(F)c1Oc1c(F)c(F)c(F)c(F)c1F. The van der Waals surface area contributed by atoms with Crippen LogP contribution in [-0.4, -0.2) is 18.1 Å². The number of esters is 1. The topological polar surface area (TPSA) is 80.2 Å². The van der Waals surface area contributed by atoms with Crippen molar-refractivity contribution in [3.63, 3.8) is 0 Å². The van der Waals surface area contributed by atoms with Crippen LogP contribution in [0.1, 0.15) is 20.8 Å². The van der Waals surface area contributed by atoms with E-state index >= 15 is 0 Å². The Morgan fingerprint density at radius 3 is 1.53 bits per heavy atom. The molecule has 2 atom stereocenters. The summed E-state index contributed by atoms with van der Waals surface area (Å²) in [6.45, 7) is 3.92. The van der Waals surface area contributed by atoms with Gasteiger partial charge in [-0.05, 0) is 20.8 Å². The zero-order chi connectivity index (χ0) is 26.1. The Bertz CT molecular complexity index is 1150. The van der Waals surface area contributed by atoms with E-state index in [1.54, 1.807) is 0 Å². The van der Waals surface area contributed by atoms with Crippen LogP contribution in [0.4, 0.5) is 39.5 Å². The average molecular weight is 523 g/mol. The van der Waals surface area contributed by atoms with Crippen molar-refractivity contribution < 1.29 is 63.2 Å². The smallest absolute Gasteiger partial charge is 0.395 e. The highest BCUT2D eigenvalue weighted by atomic mass is 31.1. The third-order valence-corrected chi connectivity index (χ3v) is 4.56. The van der Waals surface area contributed by atoms with Gasteiger partial charge in [0, 0.05) is 0 Å². The summed E-state index contributed by atoms with van der Waals surface area (Å²) >= 11 is 0. The number of ether oxygens (including phenoxy) is 2. The quantitative estimate of drug-likeness (QED) is 0.162. The van der Waals surface area contributed by atoms with Crippen LogP contribution < -0.4 is 14.2 Å². The van der Waals surface area contributed by atoms with Crippen LogP contribution >= 0.6 is 8.17 Å². The minimum atomic E-state index is -3.63. The number of nitrogens with zero attached hydrogens (tertiary/aromatic N) is 1. The molecule has 16 heteroatoms. The van der Waals surface area contributed by atoms with E-state index < -0.39 is 95.9 Å². The lowest BCUT2D eigenvalue weighted by Gasteiger charge is -2.14. The molecule has 0 amide bonds. The minimum absolute atomic E-state index is 0.636. The lowest BCUT2D eigenvalue weighted by molar-refractivity contribution is -0.170. The molecule has 6 nitrogen and oxygen atoms in total. The Labute approximate surface area is 185 Å². The first-order chi connectivity index (χ1) is 15.7. The molecule has 2 rings (SSSR count). The van der Waals surface area contributed by atoms with Crippen LogP contribution in [0.25, 0.3) is 0 Å². The van der Waals surface area contributed by atoms with Crippen LogP contribution in [0.3, 0.4) is 0 Å². The minimum Gasteiger partial charge on any atom is -0.575 e. The maximum Gasteiger partial charge on any atom is 0.395 e. The van der Waals surface area contributed by atoms with Gasteiger partial charge in [0.05, 0.1) is 6.10 Å². The Morgan fingerprint density at radius 1 is 0.706 bits per heavy atom. The van der Waals surface area contributed by atoms with Crippen molar-refractivity contribution in [3.8, 4) is 17.2 Å². The number of halogens is 9. The molecule has 0 heterocycles. The van der Waals surface area contributed by atoms with Gasteiger partial charge in [0.2, 0.25) is 63.9 Å². The highest BCUT2D eigenvalue weighted by Crippen LogP contribution is 2.44. The Balaban J connectivity index is 2.60. The molecule has 2 aromatic carbocycles.